The maximum Gasteiger partial charge on any atom is 0.253 e. The van der Waals surface area contributed by atoms with Crippen LogP contribution in [0.4, 0.5) is 5.69 Å². The quantitative estimate of drug-likeness (QED) is 0.476. The smallest absolute Gasteiger partial charge is 0.253 e. The fourth-order valence-electron chi connectivity index (χ4n) is 4.56. The number of anilines is 1. The van der Waals surface area contributed by atoms with Gasteiger partial charge in [-0.25, -0.2) is 0 Å². The molecule has 5 nitrogen and oxygen atoms in total. The largest absolute Gasteiger partial charge is 0.368 e. The minimum absolute atomic E-state index is 0.00984. The second-order valence-electron chi connectivity index (χ2n) is 9.94. The molecule has 0 bridgehead atoms. The average Bonchev–Trinajstić information content (AvgIpc) is 3.11. The van der Waals surface area contributed by atoms with Crippen LogP contribution in [-0.2, 0) is 12.0 Å². The maximum absolute atomic E-state index is 12.9. The van der Waals surface area contributed by atoms with Crippen molar-refractivity contribution < 1.29 is 4.79 Å². The van der Waals surface area contributed by atoms with Gasteiger partial charge in [0.05, 0.1) is 21.3 Å². The second kappa shape index (κ2) is 11.2. The van der Waals surface area contributed by atoms with E-state index in [1.165, 1.54) is 5.69 Å². The van der Waals surface area contributed by atoms with Crippen molar-refractivity contribution in [2.75, 3.05) is 44.2 Å². The molecule has 0 atom stereocenters. The van der Waals surface area contributed by atoms with Crippen molar-refractivity contribution >= 4 is 34.8 Å². The number of nitrogens with one attached hydrogen (secondary N) is 1. The summed E-state index contributed by atoms with van der Waals surface area (Å²) in [7, 11) is 0. The molecule has 0 spiro atoms. The number of rotatable bonds is 8. The molecule has 2 aromatic rings. The van der Waals surface area contributed by atoms with Gasteiger partial charge in [0, 0.05) is 56.1 Å². The molecule has 1 aromatic heterocycles. The number of carbonyl (C=O) groups is 1. The Morgan fingerprint density at radius 2 is 1.79 bits per heavy atom. The van der Waals surface area contributed by atoms with Gasteiger partial charge in [-0.3, -0.25) is 9.69 Å². The summed E-state index contributed by atoms with van der Waals surface area (Å²) >= 11 is 12.5. The first-order valence-electron chi connectivity index (χ1n) is 12.0. The lowest BCUT2D eigenvalue weighted by molar-refractivity contribution is 0.0950. The van der Waals surface area contributed by atoms with Gasteiger partial charge in [-0.1, -0.05) is 57.0 Å². The first-order chi connectivity index (χ1) is 15.6. The molecule has 7 heteroatoms. The van der Waals surface area contributed by atoms with E-state index in [1.54, 1.807) is 0 Å². The minimum Gasteiger partial charge on any atom is -0.368 e. The third-order valence-electron chi connectivity index (χ3n) is 6.41. The molecule has 33 heavy (non-hydrogen) atoms. The van der Waals surface area contributed by atoms with Crippen LogP contribution in [0, 0.1) is 6.92 Å². The highest BCUT2D eigenvalue weighted by molar-refractivity contribution is 6.43. The Morgan fingerprint density at radius 3 is 2.42 bits per heavy atom. The number of halogens is 2. The Kier molecular flexibility index (Phi) is 8.76. The summed E-state index contributed by atoms with van der Waals surface area (Å²) in [5.74, 6) is 0.0354. The molecule has 1 aliphatic heterocycles. The van der Waals surface area contributed by atoms with Crippen molar-refractivity contribution in [3.63, 3.8) is 0 Å². The molecule has 1 amide bonds. The predicted molar refractivity (Wildman–Crippen MR) is 140 cm³/mol. The predicted octanol–water partition coefficient (Wildman–Crippen LogP) is 5.75. The lowest BCUT2D eigenvalue weighted by atomic mass is 9.92. The topological polar surface area (TPSA) is 40.5 Å². The first kappa shape index (κ1) is 25.9. The van der Waals surface area contributed by atoms with E-state index in [2.05, 4.69) is 60.4 Å². The van der Waals surface area contributed by atoms with Crippen molar-refractivity contribution in [1.29, 1.82) is 0 Å². The van der Waals surface area contributed by atoms with E-state index in [9.17, 15) is 4.79 Å². The molecule has 1 saturated heterocycles. The lowest BCUT2D eigenvalue weighted by Crippen LogP contribution is -2.47. The number of piperazine rings is 1. The van der Waals surface area contributed by atoms with E-state index in [0.29, 0.717) is 16.6 Å². The SMILES string of the molecule is CCCn1c(C(C)(C)C)cc(C(=O)NCCCN2CCN(c3cccc(Cl)c3Cl)CC2)c1C. The Labute approximate surface area is 209 Å². The van der Waals surface area contributed by atoms with Crippen LogP contribution in [-0.4, -0.2) is 54.6 Å². The van der Waals surface area contributed by atoms with Crippen molar-refractivity contribution in [3.8, 4) is 0 Å². The zero-order valence-electron chi connectivity index (χ0n) is 20.7. The highest BCUT2D eigenvalue weighted by atomic mass is 35.5. The molecule has 2 heterocycles. The monoisotopic (exact) mass is 492 g/mol. The van der Waals surface area contributed by atoms with E-state index in [0.717, 1.165) is 69.1 Å². The van der Waals surface area contributed by atoms with Gasteiger partial charge in [0.15, 0.2) is 0 Å². The molecule has 0 radical (unpaired) electrons. The van der Waals surface area contributed by atoms with E-state index >= 15 is 0 Å². The maximum atomic E-state index is 12.9. The molecule has 1 aliphatic rings. The highest BCUT2D eigenvalue weighted by Gasteiger charge is 2.25. The van der Waals surface area contributed by atoms with Gasteiger partial charge in [0.25, 0.3) is 5.91 Å². The Hall–Kier alpha value is -1.69. The van der Waals surface area contributed by atoms with E-state index < -0.39 is 0 Å². The summed E-state index contributed by atoms with van der Waals surface area (Å²) in [6, 6.07) is 7.88. The van der Waals surface area contributed by atoms with E-state index in [1.807, 2.05) is 18.2 Å². The van der Waals surface area contributed by atoms with Gasteiger partial charge in [-0.2, -0.15) is 0 Å². The van der Waals surface area contributed by atoms with Gasteiger partial charge in [-0.15, -0.1) is 0 Å². The van der Waals surface area contributed by atoms with Crippen LogP contribution in [0.1, 0.15) is 62.3 Å². The Bertz CT molecular complexity index is 956. The molecule has 0 saturated carbocycles. The molecular weight excluding hydrogens is 455 g/mol. The number of hydrogen-bond acceptors (Lipinski definition) is 3. The van der Waals surface area contributed by atoms with Crippen LogP contribution in [0.25, 0.3) is 0 Å². The molecule has 182 valence electrons. The molecular formula is C26H38Cl2N4O. The first-order valence-corrected chi connectivity index (χ1v) is 12.8. The summed E-state index contributed by atoms with van der Waals surface area (Å²) in [5, 5.41) is 4.37. The van der Waals surface area contributed by atoms with Crippen molar-refractivity contribution in [3.05, 3.63) is 51.3 Å². The number of amides is 1. The molecule has 0 unspecified atom stereocenters. The van der Waals surface area contributed by atoms with Crippen LogP contribution in [0.5, 0.6) is 0 Å². The van der Waals surface area contributed by atoms with Crippen LogP contribution < -0.4 is 10.2 Å². The summed E-state index contributed by atoms with van der Waals surface area (Å²) in [4.78, 5) is 17.6. The fourth-order valence-corrected chi connectivity index (χ4v) is 4.97. The average molecular weight is 494 g/mol. The van der Waals surface area contributed by atoms with Gasteiger partial charge < -0.3 is 14.8 Å². The number of carbonyl (C=O) groups excluding carboxylic acids is 1. The normalized spacial score (nSPS) is 15.2. The fraction of sp³-hybridized carbons (Fsp3) is 0.577. The Morgan fingerprint density at radius 1 is 1.09 bits per heavy atom. The molecule has 1 fully saturated rings. The van der Waals surface area contributed by atoms with E-state index in [-0.39, 0.29) is 11.3 Å². The van der Waals surface area contributed by atoms with Crippen LogP contribution in [0.15, 0.2) is 24.3 Å². The van der Waals surface area contributed by atoms with Gasteiger partial charge in [-0.05, 0) is 44.5 Å². The van der Waals surface area contributed by atoms with Crippen molar-refractivity contribution in [2.45, 2.75) is 59.4 Å². The summed E-state index contributed by atoms with van der Waals surface area (Å²) in [5.41, 5.74) is 4.12. The summed E-state index contributed by atoms with van der Waals surface area (Å²) in [6.07, 6.45) is 1.99. The van der Waals surface area contributed by atoms with Crippen molar-refractivity contribution in [1.82, 2.24) is 14.8 Å². The van der Waals surface area contributed by atoms with Gasteiger partial charge in [0.1, 0.15) is 0 Å². The van der Waals surface area contributed by atoms with Crippen molar-refractivity contribution in [2.24, 2.45) is 0 Å². The minimum atomic E-state index is 0.00984. The second-order valence-corrected chi connectivity index (χ2v) is 10.7. The van der Waals surface area contributed by atoms with Gasteiger partial charge in [0.2, 0.25) is 0 Å². The van der Waals surface area contributed by atoms with E-state index in [4.69, 9.17) is 23.2 Å². The molecule has 1 N–H and O–H groups in total. The van der Waals surface area contributed by atoms with Crippen LogP contribution >= 0.6 is 23.2 Å². The number of aromatic nitrogens is 1. The zero-order chi connectivity index (χ0) is 24.2. The molecule has 1 aromatic carbocycles. The number of benzene rings is 1. The third-order valence-corrected chi connectivity index (χ3v) is 7.22. The summed E-state index contributed by atoms with van der Waals surface area (Å²) in [6.45, 7) is 17.2. The molecule has 0 aliphatic carbocycles. The Balaban J connectivity index is 1.47. The van der Waals surface area contributed by atoms with Gasteiger partial charge >= 0.3 is 0 Å². The van der Waals surface area contributed by atoms with Crippen LogP contribution in [0.2, 0.25) is 10.0 Å². The third kappa shape index (κ3) is 6.26. The highest BCUT2D eigenvalue weighted by Crippen LogP contribution is 2.33. The van der Waals surface area contributed by atoms with Crippen LogP contribution in [0.3, 0.4) is 0 Å². The lowest BCUT2D eigenvalue weighted by Gasteiger charge is -2.36. The zero-order valence-corrected chi connectivity index (χ0v) is 22.2. The standard InChI is InChI=1S/C26H38Cl2N4O/c1-6-12-32-19(2)20(18-23(32)26(3,4)5)25(33)29-11-8-13-30-14-16-31(17-15-30)22-10-7-9-21(27)24(22)28/h7,9-10,18H,6,8,11-17H2,1-5H3,(H,29,33). The molecule has 3 rings (SSSR count). The number of nitrogens with zero attached hydrogens (tertiary/aromatic N) is 3. The number of hydrogen-bond donors (Lipinski definition) is 1. The summed E-state index contributed by atoms with van der Waals surface area (Å²) < 4.78 is 2.31.